The van der Waals surface area contributed by atoms with Crippen LogP contribution in [0.25, 0.3) is 0 Å². The van der Waals surface area contributed by atoms with Gasteiger partial charge in [-0.2, -0.15) is 0 Å². The Labute approximate surface area is 649 Å². The van der Waals surface area contributed by atoms with E-state index in [0.717, 1.165) is 19.3 Å². The second kappa shape index (κ2) is 63.7. The summed E-state index contributed by atoms with van der Waals surface area (Å²) in [6.45, 7) is 24.8. The second-order valence-electron chi connectivity index (χ2n) is 27.1. The molecule has 37 heteroatoms. The van der Waals surface area contributed by atoms with Gasteiger partial charge in [0.1, 0.15) is 36.9 Å². The molecule has 2 saturated heterocycles. The van der Waals surface area contributed by atoms with E-state index in [1.54, 1.807) is 56.1 Å². The van der Waals surface area contributed by atoms with Crippen molar-refractivity contribution >= 4 is 107 Å². The number of nitrogens with two attached hydrogens (primary N) is 2. The normalized spacial score (nSPS) is 14.4. The van der Waals surface area contributed by atoms with Crippen LogP contribution in [-0.4, -0.2) is 217 Å². The predicted octanol–water partition coefficient (Wildman–Crippen LogP) is 5.54. The molecule has 8 unspecified atom stereocenters. The SMILES string of the molecule is CC(C)CCC(=O)O.CC(C)CCC(=O)ON1C(=O)CCC1=O.CC(CCC(=O)O)C(=O)O.CCC(NC(=O)CCC(C)C)C(=O)O.CCC(NC(=O)CCC(C)C)C(C)=O.CCC(NC(=O)CCC(N)C(=O)OC)C(=O)NC(C(=O)OC)c1ccccc1.CN1COC(=O)C1CCC(=O)O.NC(CCC(=O)O)C(=O)O. The number of rotatable bonds is 40. The van der Waals surface area contributed by atoms with Gasteiger partial charge in [0.2, 0.25) is 23.6 Å². The molecule has 0 aliphatic carbocycles. The van der Waals surface area contributed by atoms with Crippen LogP contribution in [0.2, 0.25) is 0 Å². The zero-order valence-electron chi connectivity index (χ0n) is 67.0. The molecule has 0 spiro atoms. The lowest BCUT2D eigenvalue weighted by Crippen LogP contribution is -2.49. The topological polar surface area (TPSA) is 592 Å². The number of amides is 6. The van der Waals surface area contributed by atoms with Gasteiger partial charge in [0.05, 0.1) is 26.2 Å². The first-order valence-corrected chi connectivity index (χ1v) is 36.5. The minimum atomic E-state index is -1.17. The summed E-state index contributed by atoms with van der Waals surface area (Å²) in [5, 5.41) is 68.9. The Hall–Kier alpha value is -10.0. The van der Waals surface area contributed by atoms with Crippen molar-refractivity contribution < 1.29 is 141 Å². The molecule has 8 atom stereocenters. The van der Waals surface area contributed by atoms with Crippen LogP contribution in [0.15, 0.2) is 30.3 Å². The highest BCUT2D eigenvalue weighted by atomic mass is 16.7. The second-order valence-corrected chi connectivity index (χ2v) is 27.1. The van der Waals surface area contributed by atoms with E-state index < -0.39 is 119 Å². The summed E-state index contributed by atoms with van der Waals surface area (Å²) >= 11 is 0. The van der Waals surface area contributed by atoms with Crippen LogP contribution in [0.4, 0.5) is 0 Å². The number of carboxylic acids is 7. The first-order valence-electron chi connectivity index (χ1n) is 36.5. The molecule has 0 aromatic heterocycles. The third-order valence-corrected chi connectivity index (χ3v) is 15.4. The highest BCUT2D eigenvalue weighted by Crippen LogP contribution is 2.18. The molecule has 1 aromatic rings. The Morgan fingerprint density at radius 1 is 0.486 bits per heavy atom. The summed E-state index contributed by atoms with van der Waals surface area (Å²) < 4.78 is 14.0. The van der Waals surface area contributed by atoms with Crippen LogP contribution >= 0.6 is 0 Å². The van der Waals surface area contributed by atoms with E-state index in [2.05, 4.69) is 44.7 Å². The molecule has 2 aliphatic heterocycles. The lowest BCUT2D eigenvalue weighted by atomic mass is 10.1. The Kier molecular flexibility index (Phi) is 62.9. The van der Waals surface area contributed by atoms with Crippen molar-refractivity contribution in [3.63, 3.8) is 0 Å². The summed E-state index contributed by atoms with van der Waals surface area (Å²) in [6, 6.07) is 3.42. The number of hydroxylamine groups is 2. The average molecular weight is 1590 g/mol. The van der Waals surface area contributed by atoms with Gasteiger partial charge < -0.3 is 87.5 Å². The van der Waals surface area contributed by atoms with Crippen molar-refractivity contribution in [2.75, 3.05) is 28.0 Å². The molecular formula is C74H124N8O29. The number of esters is 3. The van der Waals surface area contributed by atoms with Gasteiger partial charge in [-0.1, -0.05) is 113 Å². The molecule has 15 N–H and O–H groups in total. The third kappa shape index (κ3) is 60.5. The summed E-state index contributed by atoms with van der Waals surface area (Å²) in [5.74, 6) is -9.36. The fourth-order valence-electron chi connectivity index (χ4n) is 8.28. The van der Waals surface area contributed by atoms with E-state index in [9.17, 15) is 86.3 Å². The van der Waals surface area contributed by atoms with E-state index in [0.29, 0.717) is 85.7 Å². The number of benzene rings is 1. The highest BCUT2D eigenvalue weighted by molar-refractivity contribution is 6.01. The van der Waals surface area contributed by atoms with Gasteiger partial charge in [-0.25, -0.2) is 14.4 Å². The number of ether oxygens (including phenoxy) is 3. The molecule has 0 saturated carbocycles. The zero-order valence-corrected chi connectivity index (χ0v) is 67.0. The number of likely N-dealkylation sites (N-methyl/N-ethyl adjacent to an activating group) is 1. The van der Waals surface area contributed by atoms with Crippen LogP contribution < -0.4 is 32.7 Å². The molecule has 2 aliphatic rings. The summed E-state index contributed by atoms with van der Waals surface area (Å²) in [5.41, 5.74) is 11.2. The van der Waals surface area contributed by atoms with Gasteiger partial charge in [0.15, 0.2) is 11.8 Å². The standard InChI is InChI=1S/C19H27N3O6.C11H21NO2.C10H15NO4.C10H19NO3.C7H11NO4.C6H10O4.C6H12O2.C5H9NO4/c1-4-14(21-15(23)11-10-13(20)18(25)27-2)17(24)22-16(19(26)28-3)12-8-6-5-7-9-12;1-5-10(9(4)13)12-11(14)7-6-8(2)3;1-7(2)3-6-10(14)15-11-8(12)4-5-9(11)13;1-4-8(10(13)14)11-9(12)6-5-7(2)3;1-8-4-12-7(11)5(8)2-3-6(9)10;1-4(6(9)10)2-3-5(7)8;1-5(2)3-4-6(7)8;6-3(5(9)10)1-2-4(7)8/h5-9,13-14,16H,4,10-11,20H2,1-3H3,(H,21,23)(H,22,24);8,10H,5-7H2,1-4H3,(H,12,14);7H,3-6H2,1-2H3;7-8H,4-6H2,1-3H3,(H,11,12)(H,13,14);5H,2-4H2,1H3,(H,9,10);4H,2-3H2,1H3,(H,7,8)(H,9,10);5H,3-4H2,1-2H3,(H,7,8);3H,1-2,6H2,(H,7,8)(H,9,10). The number of carboxylic acid groups (broad SMARTS) is 7. The fourth-order valence-corrected chi connectivity index (χ4v) is 8.28. The summed E-state index contributed by atoms with van der Waals surface area (Å²) in [7, 11) is 4.18. The molecule has 2 fully saturated rings. The third-order valence-electron chi connectivity index (χ3n) is 15.4. The number of carbonyl (C=O) groups excluding carboxylic acids is 11. The minimum Gasteiger partial charge on any atom is -0.481 e. The summed E-state index contributed by atoms with van der Waals surface area (Å²) in [4.78, 5) is 203. The maximum Gasteiger partial charge on any atom is 0.333 e. The Bertz CT molecular complexity index is 2960. The molecule has 37 nitrogen and oxygen atoms in total. The molecule has 1 aromatic carbocycles. The Balaban J connectivity index is -0.000000399. The quantitative estimate of drug-likeness (QED) is 0.0218. The number of carbonyl (C=O) groups is 18. The largest absolute Gasteiger partial charge is 0.481 e. The monoisotopic (exact) mass is 1590 g/mol. The van der Waals surface area contributed by atoms with Gasteiger partial charge >= 0.3 is 65.7 Å². The summed E-state index contributed by atoms with van der Waals surface area (Å²) in [6.07, 6.45) is 6.54. The maximum atomic E-state index is 12.6. The predicted molar refractivity (Wildman–Crippen MR) is 400 cm³/mol. The smallest absolute Gasteiger partial charge is 0.333 e. The van der Waals surface area contributed by atoms with E-state index >= 15 is 0 Å². The minimum absolute atomic E-state index is 0.00407. The van der Waals surface area contributed by atoms with Crippen LogP contribution in [0.1, 0.15) is 236 Å². The molecule has 0 radical (unpaired) electrons. The number of hydrogen-bond acceptors (Lipinski definition) is 25. The Morgan fingerprint density at radius 2 is 0.874 bits per heavy atom. The van der Waals surface area contributed by atoms with Crippen LogP contribution in [0.3, 0.4) is 0 Å². The van der Waals surface area contributed by atoms with Crippen molar-refractivity contribution in [3.05, 3.63) is 35.9 Å². The molecule has 0 bridgehead atoms. The van der Waals surface area contributed by atoms with Crippen LogP contribution in [0.5, 0.6) is 0 Å². The number of Topliss-reactive ketones (excluding diaryl/α,β-unsaturated/α-hetero) is 1. The van der Waals surface area contributed by atoms with Gasteiger partial charge in [0.25, 0.3) is 11.8 Å². The molecule has 3 rings (SSSR count). The van der Waals surface area contributed by atoms with Gasteiger partial charge in [-0.05, 0) is 114 Å². The van der Waals surface area contributed by atoms with Gasteiger partial charge in [-0.3, -0.25) is 76.8 Å². The molecule has 634 valence electrons. The lowest BCUT2D eigenvalue weighted by molar-refractivity contribution is -0.197. The number of nitrogens with one attached hydrogen (secondary N) is 4. The first kappa shape index (κ1) is 110. The molecule has 6 amide bonds. The maximum absolute atomic E-state index is 12.6. The number of hydrogen-bond donors (Lipinski definition) is 13. The van der Waals surface area contributed by atoms with E-state index in [-0.39, 0.29) is 107 Å². The number of aliphatic carboxylic acids is 7. The van der Waals surface area contributed by atoms with E-state index in [1.807, 2.05) is 48.5 Å². The van der Waals surface area contributed by atoms with Crippen molar-refractivity contribution in [2.24, 2.45) is 41.1 Å². The first-order chi connectivity index (χ1) is 51.6. The van der Waals surface area contributed by atoms with E-state index in [4.69, 9.17) is 56.7 Å². The van der Waals surface area contributed by atoms with Crippen LogP contribution in [0, 0.1) is 29.6 Å². The Morgan fingerprint density at radius 3 is 1.23 bits per heavy atom. The molecule has 111 heavy (non-hydrogen) atoms. The number of ketones is 1. The van der Waals surface area contributed by atoms with Crippen molar-refractivity contribution in [3.8, 4) is 0 Å². The van der Waals surface area contributed by atoms with Crippen molar-refractivity contribution in [2.45, 2.75) is 267 Å². The highest BCUT2D eigenvalue weighted by Gasteiger charge is 2.34. The molecule has 2 heterocycles. The zero-order chi connectivity index (χ0) is 86.8. The van der Waals surface area contributed by atoms with Gasteiger partial charge in [0, 0.05) is 64.2 Å². The van der Waals surface area contributed by atoms with Crippen LogP contribution in [-0.2, 0) is 105 Å². The number of imide groups is 1. The van der Waals surface area contributed by atoms with Gasteiger partial charge in [-0.15, -0.1) is 5.06 Å². The number of nitrogens with zero attached hydrogens (tertiary/aromatic N) is 2. The van der Waals surface area contributed by atoms with E-state index in [1.165, 1.54) is 28.1 Å². The van der Waals surface area contributed by atoms with Crippen molar-refractivity contribution in [1.82, 2.24) is 31.2 Å². The fraction of sp³-hybridized carbons (Fsp3) is 0.676. The van der Waals surface area contributed by atoms with Crippen molar-refractivity contribution in [1.29, 1.82) is 0 Å². The average Bonchev–Trinajstić information content (AvgIpc) is 1.76. The lowest BCUT2D eigenvalue weighted by Gasteiger charge is -2.22. The molecular weight excluding hydrogens is 1460 g/mol. The number of methoxy groups -OCH3 is 2. The number of cyclic esters (lactones) is 1.